The fourth-order valence-corrected chi connectivity index (χ4v) is 1.64. The van der Waals surface area contributed by atoms with E-state index in [2.05, 4.69) is 5.32 Å². The molecule has 1 fully saturated rings. The van der Waals surface area contributed by atoms with E-state index >= 15 is 0 Å². The molecule has 18 heavy (non-hydrogen) atoms. The predicted octanol–water partition coefficient (Wildman–Crippen LogP) is -1.43. The Morgan fingerprint density at radius 2 is 2.00 bits per heavy atom. The molecule has 0 radical (unpaired) electrons. The van der Waals surface area contributed by atoms with Crippen molar-refractivity contribution in [3.05, 3.63) is 0 Å². The average Bonchev–Trinajstić information content (AvgIpc) is 2.41. The number of methoxy groups -OCH3 is 1. The standard InChI is InChI=1S/C11H18N2O5/c1-9(15)11(8-14,17-2)18-7-10(16)13-5-3-12-4-6-13/h8,12H,3-7H2,1-2H3. The van der Waals surface area contributed by atoms with Gasteiger partial charge in [-0.15, -0.1) is 0 Å². The first-order chi connectivity index (χ1) is 8.55. The Hall–Kier alpha value is -1.31. The number of amides is 1. The maximum atomic E-state index is 11.8. The molecule has 1 heterocycles. The summed E-state index contributed by atoms with van der Waals surface area (Å²) < 4.78 is 9.82. The highest BCUT2D eigenvalue weighted by molar-refractivity contribution is 5.98. The van der Waals surface area contributed by atoms with Crippen molar-refractivity contribution >= 4 is 18.0 Å². The Morgan fingerprint density at radius 1 is 1.39 bits per heavy atom. The molecule has 1 aliphatic heterocycles. The summed E-state index contributed by atoms with van der Waals surface area (Å²) in [7, 11) is 1.19. The van der Waals surface area contributed by atoms with E-state index in [9.17, 15) is 14.4 Å². The molecule has 0 aliphatic carbocycles. The molecule has 1 rings (SSSR count). The molecule has 1 N–H and O–H groups in total. The fourth-order valence-electron chi connectivity index (χ4n) is 1.64. The van der Waals surface area contributed by atoms with Crippen LogP contribution in [0.5, 0.6) is 0 Å². The lowest BCUT2D eigenvalue weighted by Gasteiger charge is -2.29. The van der Waals surface area contributed by atoms with Gasteiger partial charge in [0.25, 0.3) is 5.79 Å². The number of nitrogens with zero attached hydrogens (tertiary/aromatic N) is 1. The van der Waals surface area contributed by atoms with Crippen molar-refractivity contribution in [2.45, 2.75) is 12.7 Å². The van der Waals surface area contributed by atoms with Crippen molar-refractivity contribution in [3.8, 4) is 0 Å². The minimum Gasteiger partial charge on any atom is -0.341 e. The van der Waals surface area contributed by atoms with Crippen molar-refractivity contribution in [1.29, 1.82) is 0 Å². The molecule has 0 bridgehead atoms. The first-order valence-electron chi connectivity index (χ1n) is 5.70. The molecule has 1 unspecified atom stereocenters. The summed E-state index contributed by atoms with van der Waals surface area (Å²) in [5, 5.41) is 3.11. The largest absolute Gasteiger partial charge is 0.341 e. The van der Waals surface area contributed by atoms with Crippen molar-refractivity contribution < 1.29 is 23.9 Å². The molecular weight excluding hydrogens is 240 g/mol. The van der Waals surface area contributed by atoms with Gasteiger partial charge in [-0.25, -0.2) is 0 Å². The van der Waals surface area contributed by atoms with Gasteiger partial charge >= 0.3 is 0 Å². The normalized spacial score (nSPS) is 19.1. The smallest absolute Gasteiger partial charge is 0.287 e. The van der Waals surface area contributed by atoms with Gasteiger partial charge in [-0.2, -0.15) is 0 Å². The van der Waals surface area contributed by atoms with E-state index in [4.69, 9.17) is 9.47 Å². The zero-order valence-corrected chi connectivity index (χ0v) is 10.6. The van der Waals surface area contributed by atoms with Gasteiger partial charge in [-0.3, -0.25) is 14.4 Å². The molecule has 102 valence electrons. The second-order valence-electron chi connectivity index (χ2n) is 3.97. The number of hydrogen-bond acceptors (Lipinski definition) is 6. The van der Waals surface area contributed by atoms with Crippen LogP contribution in [-0.4, -0.2) is 68.6 Å². The number of ether oxygens (including phenoxy) is 2. The number of rotatable bonds is 6. The monoisotopic (exact) mass is 258 g/mol. The number of carbonyl (C=O) groups excluding carboxylic acids is 3. The van der Waals surface area contributed by atoms with Crippen molar-refractivity contribution in [3.63, 3.8) is 0 Å². The number of Topliss-reactive ketones (excluding diaryl/α,β-unsaturated/α-hetero) is 1. The number of carbonyl (C=O) groups is 3. The Balaban J connectivity index is 2.54. The summed E-state index contributed by atoms with van der Waals surface area (Å²) >= 11 is 0. The molecule has 0 saturated carbocycles. The summed E-state index contributed by atoms with van der Waals surface area (Å²) in [6.07, 6.45) is 0.264. The zero-order chi connectivity index (χ0) is 13.6. The van der Waals surface area contributed by atoms with Gasteiger partial charge in [0.05, 0.1) is 0 Å². The van der Waals surface area contributed by atoms with Crippen molar-refractivity contribution in [1.82, 2.24) is 10.2 Å². The maximum absolute atomic E-state index is 11.8. The summed E-state index contributed by atoms with van der Waals surface area (Å²) in [6, 6.07) is 0. The fraction of sp³-hybridized carbons (Fsp3) is 0.727. The Morgan fingerprint density at radius 3 is 2.44 bits per heavy atom. The van der Waals surface area contributed by atoms with E-state index in [1.165, 1.54) is 14.0 Å². The van der Waals surface area contributed by atoms with Gasteiger partial charge in [-0.1, -0.05) is 0 Å². The van der Waals surface area contributed by atoms with Crippen LogP contribution in [0.25, 0.3) is 0 Å². The second kappa shape index (κ2) is 6.58. The van der Waals surface area contributed by atoms with Crippen LogP contribution in [0.4, 0.5) is 0 Å². The summed E-state index contributed by atoms with van der Waals surface area (Å²) in [6.45, 7) is 3.44. The molecule has 0 spiro atoms. The Kier molecular flexibility index (Phi) is 5.39. The van der Waals surface area contributed by atoms with Gasteiger partial charge in [0, 0.05) is 40.2 Å². The molecule has 1 saturated heterocycles. The molecular formula is C11H18N2O5. The quantitative estimate of drug-likeness (QED) is 0.357. The zero-order valence-electron chi connectivity index (χ0n) is 10.6. The van der Waals surface area contributed by atoms with Gasteiger partial charge in [0.2, 0.25) is 5.91 Å². The van der Waals surface area contributed by atoms with E-state index in [0.29, 0.717) is 13.1 Å². The molecule has 1 amide bonds. The summed E-state index contributed by atoms with van der Waals surface area (Å²) in [5.74, 6) is -2.82. The lowest BCUT2D eigenvalue weighted by molar-refractivity contribution is -0.207. The number of piperazine rings is 1. The van der Waals surface area contributed by atoms with Crippen LogP contribution in [0.2, 0.25) is 0 Å². The first kappa shape index (κ1) is 14.7. The lowest BCUT2D eigenvalue weighted by Crippen LogP contribution is -2.50. The highest BCUT2D eigenvalue weighted by Gasteiger charge is 2.37. The summed E-state index contributed by atoms with van der Waals surface area (Å²) in [4.78, 5) is 35.6. The number of nitrogens with one attached hydrogen (secondary N) is 1. The van der Waals surface area contributed by atoms with Gasteiger partial charge in [-0.05, 0) is 0 Å². The average molecular weight is 258 g/mol. The van der Waals surface area contributed by atoms with Crippen LogP contribution < -0.4 is 5.32 Å². The van der Waals surface area contributed by atoms with Crippen LogP contribution in [-0.2, 0) is 23.9 Å². The highest BCUT2D eigenvalue weighted by Crippen LogP contribution is 2.11. The van der Waals surface area contributed by atoms with Crippen LogP contribution in [0.3, 0.4) is 0 Å². The van der Waals surface area contributed by atoms with E-state index in [-0.39, 0.29) is 18.8 Å². The van der Waals surface area contributed by atoms with E-state index in [1.807, 2.05) is 0 Å². The van der Waals surface area contributed by atoms with Crippen LogP contribution in [0.1, 0.15) is 6.92 Å². The molecule has 0 aromatic heterocycles. The van der Waals surface area contributed by atoms with Gasteiger partial charge < -0.3 is 19.7 Å². The number of ketones is 1. The highest BCUT2D eigenvalue weighted by atomic mass is 16.7. The van der Waals surface area contributed by atoms with E-state index < -0.39 is 11.6 Å². The Bertz CT molecular complexity index is 327. The van der Waals surface area contributed by atoms with Crippen molar-refractivity contribution in [2.75, 3.05) is 39.9 Å². The molecule has 1 aliphatic rings. The van der Waals surface area contributed by atoms with Gasteiger partial charge in [0.15, 0.2) is 12.1 Å². The van der Waals surface area contributed by atoms with Crippen LogP contribution in [0, 0.1) is 0 Å². The van der Waals surface area contributed by atoms with Gasteiger partial charge in [0.1, 0.15) is 6.61 Å². The van der Waals surface area contributed by atoms with Crippen LogP contribution >= 0.6 is 0 Å². The van der Waals surface area contributed by atoms with Crippen molar-refractivity contribution in [2.24, 2.45) is 0 Å². The third-order valence-electron chi connectivity index (χ3n) is 2.83. The lowest BCUT2D eigenvalue weighted by atomic mass is 10.2. The molecule has 0 aromatic rings. The van der Waals surface area contributed by atoms with Crippen LogP contribution in [0.15, 0.2) is 0 Å². The van der Waals surface area contributed by atoms with E-state index in [0.717, 1.165) is 13.1 Å². The predicted molar refractivity (Wildman–Crippen MR) is 61.9 cm³/mol. The molecule has 7 heteroatoms. The minimum atomic E-state index is -1.97. The summed E-state index contributed by atoms with van der Waals surface area (Å²) in [5.41, 5.74) is 0. The minimum absolute atomic E-state index is 0.263. The number of hydrogen-bond donors (Lipinski definition) is 1. The maximum Gasteiger partial charge on any atom is 0.287 e. The number of aldehydes is 1. The third kappa shape index (κ3) is 3.34. The Labute approximate surface area is 105 Å². The SMILES string of the molecule is COC(C=O)(OCC(=O)N1CCNCC1)C(C)=O. The molecule has 1 atom stereocenters. The second-order valence-corrected chi connectivity index (χ2v) is 3.97. The topological polar surface area (TPSA) is 84.9 Å². The molecule has 0 aromatic carbocycles. The molecule has 7 nitrogen and oxygen atoms in total. The van der Waals surface area contributed by atoms with E-state index in [1.54, 1.807) is 4.90 Å². The third-order valence-corrected chi connectivity index (χ3v) is 2.83. The first-order valence-corrected chi connectivity index (χ1v) is 5.70.